The van der Waals surface area contributed by atoms with E-state index in [2.05, 4.69) is 57.9 Å². The van der Waals surface area contributed by atoms with Crippen molar-refractivity contribution in [2.45, 2.75) is 44.4 Å². The van der Waals surface area contributed by atoms with Gasteiger partial charge >= 0.3 is 0 Å². The van der Waals surface area contributed by atoms with Gasteiger partial charge in [0.05, 0.1) is 5.01 Å². The number of aromatic nitrogens is 1. The van der Waals surface area contributed by atoms with Crippen LogP contribution in [0.25, 0.3) is 0 Å². The molecule has 0 spiro atoms. The van der Waals surface area contributed by atoms with E-state index < -0.39 is 0 Å². The van der Waals surface area contributed by atoms with E-state index in [4.69, 9.17) is 0 Å². The lowest BCUT2D eigenvalue weighted by molar-refractivity contribution is 0.432. The summed E-state index contributed by atoms with van der Waals surface area (Å²) in [6.45, 7) is 3.89. The van der Waals surface area contributed by atoms with Crippen molar-refractivity contribution in [1.82, 2.24) is 15.6 Å². The van der Waals surface area contributed by atoms with Crippen molar-refractivity contribution >= 4 is 41.3 Å². The zero-order valence-electron chi connectivity index (χ0n) is 15.6. The maximum Gasteiger partial charge on any atom is 0.191 e. The molecule has 1 heterocycles. The molecule has 0 saturated heterocycles. The van der Waals surface area contributed by atoms with E-state index in [1.165, 1.54) is 41.1 Å². The van der Waals surface area contributed by atoms with Crippen molar-refractivity contribution in [3.8, 4) is 0 Å². The average molecular weight is 484 g/mol. The summed E-state index contributed by atoms with van der Waals surface area (Å²) in [5.74, 6) is 0.885. The highest BCUT2D eigenvalue weighted by Gasteiger charge is 2.35. The minimum atomic E-state index is 0. The van der Waals surface area contributed by atoms with Crippen LogP contribution in [0.2, 0.25) is 0 Å². The molecule has 1 fully saturated rings. The minimum absolute atomic E-state index is 0. The van der Waals surface area contributed by atoms with Crippen LogP contribution in [-0.2, 0) is 11.8 Å². The molecule has 142 valence electrons. The van der Waals surface area contributed by atoms with Crippen molar-refractivity contribution in [2.24, 2.45) is 4.99 Å². The number of aliphatic imine (C=N–C) groups is 1. The number of rotatable bonds is 6. The molecule has 0 unspecified atom stereocenters. The fourth-order valence-electron chi connectivity index (χ4n) is 3.69. The summed E-state index contributed by atoms with van der Waals surface area (Å²) in [4.78, 5) is 10.1. The monoisotopic (exact) mass is 484 g/mol. The molecule has 1 aliphatic carbocycles. The van der Waals surface area contributed by atoms with E-state index in [9.17, 15) is 0 Å². The van der Waals surface area contributed by atoms with Gasteiger partial charge in [0.1, 0.15) is 0 Å². The maximum absolute atomic E-state index is 4.42. The average Bonchev–Trinajstić information content (AvgIpc) is 3.28. The predicted octanol–water partition coefficient (Wildman–Crippen LogP) is 4.29. The summed E-state index contributed by atoms with van der Waals surface area (Å²) in [6, 6.07) is 10.9. The molecule has 1 saturated carbocycles. The number of guanidine groups is 1. The van der Waals surface area contributed by atoms with Crippen LogP contribution in [0.15, 0.2) is 41.5 Å². The molecule has 0 radical (unpaired) electrons. The van der Waals surface area contributed by atoms with E-state index in [0.717, 1.165) is 25.5 Å². The van der Waals surface area contributed by atoms with E-state index in [1.54, 1.807) is 11.3 Å². The highest BCUT2D eigenvalue weighted by Crippen LogP contribution is 2.40. The first-order chi connectivity index (χ1) is 12.2. The van der Waals surface area contributed by atoms with E-state index in [0.29, 0.717) is 0 Å². The van der Waals surface area contributed by atoms with Crippen molar-refractivity contribution in [1.29, 1.82) is 0 Å². The second-order valence-corrected chi connectivity index (χ2v) is 8.14. The Bertz CT molecular complexity index is 693. The Morgan fingerprint density at radius 1 is 1.19 bits per heavy atom. The SMILES string of the molecule is CN=C(NCCc1ncc(C)s1)NCC1(c2ccccc2)CCCC1.I. The Kier molecular flexibility index (Phi) is 8.34. The van der Waals surface area contributed by atoms with E-state index in [1.807, 2.05) is 13.2 Å². The summed E-state index contributed by atoms with van der Waals surface area (Å²) >= 11 is 1.77. The summed E-state index contributed by atoms with van der Waals surface area (Å²) < 4.78 is 0. The molecule has 1 aromatic heterocycles. The largest absolute Gasteiger partial charge is 0.356 e. The zero-order valence-corrected chi connectivity index (χ0v) is 18.8. The van der Waals surface area contributed by atoms with Crippen LogP contribution < -0.4 is 10.6 Å². The standard InChI is InChI=1S/C20H28N4S.HI/c1-16-14-23-18(25-16)10-13-22-19(21-2)24-15-20(11-6-7-12-20)17-8-4-3-5-9-17;/h3-5,8-9,14H,6-7,10-13,15H2,1-2H3,(H2,21,22,24);1H. The fraction of sp³-hybridized carbons (Fsp3) is 0.500. The van der Waals surface area contributed by atoms with Crippen molar-refractivity contribution < 1.29 is 0 Å². The van der Waals surface area contributed by atoms with E-state index in [-0.39, 0.29) is 29.4 Å². The lowest BCUT2D eigenvalue weighted by Crippen LogP contribution is -2.45. The molecular weight excluding hydrogens is 455 g/mol. The molecule has 2 aromatic rings. The van der Waals surface area contributed by atoms with Crippen molar-refractivity contribution in [3.05, 3.63) is 52.0 Å². The Morgan fingerprint density at radius 2 is 1.92 bits per heavy atom. The molecule has 2 N–H and O–H groups in total. The van der Waals surface area contributed by atoms with Crippen LogP contribution in [0, 0.1) is 6.92 Å². The highest BCUT2D eigenvalue weighted by atomic mass is 127. The van der Waals surface area contributed by atoms with Crippen LogP contribution in [0.3, 0.4) is 0 Å². The first-order valence-corrected chi connectivity index (χ1v) is 9.95. The van der Waals surface area contributed by atoms with Crippen LogP contribution in [-0.4, -0.2) is 31.1 Å². The van der Waals surface area contributed by atoms with Gasteiger partial charge in [0, 0.05) is 43.0 Å². The Balaban J connectivity index is 0.00000243. The molecule has 4 nitrogen and oxygen atoms in total. The lowest BCUT2D eigenvalue weighted by Gasteiger charge is -2.30. The first-order valence-electron chi connectivity index (χ1n) is 9.13. The van der Waals surface area contributed by atoms with Gasteiger partial charge in [0.2, 0.25) is 0 Å². The third-order valence-corrected chi connectivity index (χ3v) is 6.04. The maximum atomic E-state index is 4.42. The normalized spacial score (nSPS) is 16.2. The number of nitrogens with zero attached hydrogens (tertiary/aromatic N) is 2. The van der Waals surface area contributed by atoms with Gasteiger partial charge in [-0.2, -0.15) is 0 Å². The fourth-order valence-corrected chi connectivity index (χ4v) is 4.48. The molecular formula is C20H29IN4S. The van der Waals surface area contributed by atoms with Crippen LogP contribution in [0.5, 0.6) is 0 Å². The van der Waals surface area contributed by atoms with Gasteiger partial charge < -0.3 is 10.6 Å². The van der Waals surface area contributed by atoms with Gasteiger partial charge in [-0.05, 0) is 25.3 Å². The number of hydrogen-bond acceptors (Lipinski definition) is 3. The predicted molar refractivity (Wildman–Crippen MR) is 122 cm³/mol. The third-order valence-electron chi connectivity index (χ3n) is 5.07. The van der Waals surface area contributed by atoms with Gasteiger partial charge in [0.15, 0.2) is 5.96 Å². The Hall–Kier alpha value is -1.15. The number of aryl methyl sites for hydroxylation is 1. The summed E-state index contributed by atoms with van der Waals surface area (Å²) in [5.41, 5.74) is 1.69. The van der Waals surface area contributed by atoms with E-state index >= 15 is 0 Å². The quantitative estimate of drug-likeness (QED) is 0.366. The molecule has 0 atom stereocenters. The van der Waals surface area contributed by atoms with Gasteiger partial charge in [-0.1, -0.05) is 43.2 Å². The second kappa shape index (κ2) is 10.3. The summed E-state index contributed by atoms with van der Waals surface area (Å²) in [7, 11) is 1.84. The van der Waals surface area contributed by atoms with Crippen LogP contribution in [0.1, 0.15) is 41.1 Å². The molecule has 1 aliphatic rings. The third kappa shape index (κ3) is 5.42. The lowest BCUT2D eigenvalue weighted by atomic mass is 9.79. The first kappa shape index (κ1) is 21.2. The molecule has 3 rings (SSSR count). The molecule has 6 heteroatoms. The number of halogens is 1. The highest BCUT2D eigenvalue weighted by molar-refractivity contribution is 14.0. The van der Waals surface area contributed by atoms with Crippen molar-refractivity contribution in [2.75, 3.05) is 20.1 Å². The number of nitrogens with one attached hydrogen (secondary N) is 2. The molecule has 0 aliphatic heterocycles. The zero-order chi connectivity index (χ0) is 17.5. The molecule has 0 amide bonds. The molecule has 0 bridgehead atoms. The van der Waals surface area contributed by atoms with Gasteiger partial charge in [-0.3, -0.25) is 4.99 Å². The topological polar surface area (TPSA) is 49.3 Å². The molecule has 1 aromatic carbocycles. The van der Waals surface area contributed by atoms with Gasteiger partial charge in [-0.25, -0.2) is 4.98 Å². The van der Waals surface area contributed by atoms with Crippen LogP contribution in [0.4, 0.5) is 0 Å². The smallest absolute Gasteiger partial charge is 0.191 e. The van der Waals surface area contributed by atoms with Crippen LogP contribution >= 0.6 is 35.3 Å². The summed E-state index contributed by atoms with van der Waals surface area (Å²) in [5, 5.41) is 8.17. The van der Waals surface area contributed by atoms with Crippen molar-refractivity contribution in [3.63, 3.8) is 0 Å². The Labute approximate surface area is 177 Å². The minimum Gasteiger partial charge on any atom is -0.356 e. The molecule has 26 heavy (non-hydrogen) atoms. The van der Waals surface area contributed by atoms with Gasteiger partial charge in [0.25, 0.3) is 0 Å². The van der Waals surface area contributed by atoms with Gasteiger partial charge in [-0.15, -0.1) is 35.3 Å². The number of hydrogen-bond donors (Lipinski definition) is 2. The number of thiazole rings is 1. The summed E-state index contributed by atoms with van der Waals surface area (Å²) in [6.07, 6.45) is 8.00. The second-order valence-electron chi connectivity index (χ2n) is 6.82. The number of benzene rings is 1. The Morgan fingerprint density at radius 3 is 2.54 bits per heavy atom.